The van der Waals surface area contributed by atoms with Gasteiger partial charge in [-0.2, -0.15) is 0 Å². The Morgan fingerprint density at radius 1 is 0.739 bits per heavy atom. The zero-order valence-corrected chi connectivity index (χ0v) is 40.0. The zero-order valence-electron chi connectivity index (χ0n) is 39.2. The number of benzene rings is 1. The van der Waals surface area contributed by atoms with E-state index in [1.807, 2.05) is 20.2 Å². The number of carbonyl (C=O) groups is 3. The monoisotopic (exact) mass is 958 g/mol. The number of pyridine rings is 3. The number of amides is 5. The molecule has 0 radical (unpaired) electrons. The molecule has 0 unspecified atom stereocenters. The second kappa shape index (κ2) is 26.3. The summed E-state index contributed by atoms with van der Waals surface area (Å²) in [6.45, 7) is 12.1. The van der Waals surface area contributed by atoms with E-state index in [1.54, 1.807) is 65.4 Å². The smallest absolute Gasteiger partial charge is 0.319 e. The highest BCUT2D eigenvalue weighted by Gasteiger charge is 2.22. The molecule has 7 rings (SSSR count). The molecule has 1 aliphatic carbocycles. The van der Waals surface area contributed by atoms with Crippen LogP contribution in [0.1, 0.15) is 54.4 Å². The fraction of sp³-hybridized carbons (Fsp3) is 0.292. The van der Waals surface area contributed by atoms with E-state index < -0.39 is 6.03 Å². The average molecular weight is 959 g/mol. The van der Waals surface area contributed by atoms with Crippen molar-refractivity contribution in [3.05, 3.63) is 148 Å². The van der Waals surface area contributed by atoms with Crippen molar-refractivity contribution < 1.29 is 14.4 Å². The number of urea groups is 2. The van der Waals surface area contributed by atoms with Crippen LogP contribution in [-0.2, 0) is 17.9 Å². The Kier molecular flexibility index (Phi) is 19.8. The molecule has 5 amide bonds. The second-order valence-corrected chi connectivity index (χ2v) is 16.9. The number of rotatable bonds is 16. The van der Waals surface area contributed by atoms with Gasteiger partial charge in [-0.25, -0.2) is 29.5 Å². The van der Waals surface area contributed by atoms with Crippen molar-refractivity contribution in [2.45, 2.75) is 58.2 Å². The zero-order chi connectivity index (χ0) is 49.7. The van der Waals surface area contributed by atoms with Crippen LogP contribution in [0.3, 0.4) is 0 Å². The third-order valence-corrected chi connectivity index (χ3v) is 11.7. The molecule has 5 aromatic heterocycles. The second-order valence-electron chi connectivity index (χ2n) is 16.0. The lowest BCUT2D eigenvalue weighted by Gasteiger charge is -2.31. The summed E-state index contributed by atoms with van der Waals surface area (Å²) in [6, 6.07) is 18.4. The number of nitrogens with two attached hydrogens (primary N) is 3. The fourth-order valence-corrected chi connectivity index (χ4v) is 7.34. The number of hydrogen-bond acceptors (Lipinski definition) is 15. The highest BCUT2D eigenvalue weighted by atomic mass is 32.1. The van der Waals surface area contributed by atoms with E-state index in [2.05, 4.69) is 101 Å². The molecule has 1 aromatic carbocycles. The Bertz CT molecular complexity index is 2670. The van der Waals surface area contributed by atoms with Crippen LogP contribution in [0.25, 0.3) is 10.7 Å². The number of nitrogens with one attached hydrogen (secondary N) is 6. The minimum absolute atomic E-state index is 0.0127. The summed E-state index contributed by atoms with van der Waals surface area (Å²) in [4.78, 5) is 68.3. The summed E-state index contributed by atoms with van der Waals surface area (Å²) in [5.41, 5.74) is 23.1. The van der Waals surface area contributed by atoms with Gasteiger partial charge >= 0.3 is 12.1 Å². The van der Waals surface area contributed by atoms with Gasteiger partial charge in [0.05, 0.1) is 19.4 Å². The van der Waals surface area contributed by atoms with E-state index in [1.165, 1.54) is 46.8 Å². The number of fused-ring (bicyclic) bond motifs is 1. The van der Waals surface area contributed by atoms with Crippen LogP contribution in [0.4, 0.5) is 38.4 Å². The van der Waals surface area contributed by atoms with Crippen LogP contribution in [-0.4, -0.2) is 87.1 Å². The lowest BCUT2D eigenvalue weighted by atomic mass is 9.94. The summed E-state index contributed by atoms with van der Waals surface area (Å²) in [7, 11) is 3.83. The minimum Gasteiger partial charge on any atom is -0.384 e. The van der Waals surface area contributed by atoms with Crippen LogP contribution in [0.2, 0.25) is 0 Å². The van der Waals surface area contributed by atoms with Gasteiger partial charge in [0, 0.05) is 92.6 Å². The lowest BCUT2D eigenvalue weighted by molar-refractivity contribution is -0.131. The van der Waals surface area contributed by atoms with Gasteiger partial charge < -0.3 is 53.6 Å². The number of nitrogen functional groups attached to an aromatic ring is 3. The van der Waals surface area contributed by atoms with E-state index in [-0.39, 0.29) is 36.3 Å². The Hall–Kier alpha value is -8.04. The molecule has 0 aliphatic heterocycles. The van der Waals surface area contributed by atoms with Gasteiger partial charge in [-0.05, 0) is 67.3 Å². The molecule has 6 aromatic rings. The lowest BCUT2D eigenvalue weighted by Crippen LogP contribution is -2.46. The maximum absolute atomic E-state index is 12.1. The molecule has 69 heavy (non-hydrogen) atoms. The minimum atomic E-state index is -0.495. The van der Waals surface area contributed by atoms with E-state index in [0.29, 0.717) is 48.2 Å². The van der Waals surface area contributed by atoms with Crippen molar-refractivity contribution >= 4 is 68.8 Å². The Morgan fingerprint density at radius 2 is 1.35 bits per heavy atom. The summed E-state index contributed by atoms with van der Waals surface area (Å²) < 4.78 is 1.38. The molecule has 12 N–H and O–H groups in total. The molecule has 21 heteroatoms. The number of anilines is 5. The average Bonchev–Trinajstić information content (AvgIpc) is 3.86. The number of hydrogen-bond donors (Lipinski definition) is 9. The summed E-state index contributed by atoms with van der Waals surface area (Å²) >= 11 is 1.34. The first-order valence-electron chi connectivity index (χ1n) is 22.2. The van der Waals surface area contributed by atoms with Gasteiger partial charge in [0.25, 0.3) is 5.56 Å². The summed E-state index contributed by atoms with van der Waals surface area (Å²) in [6.07, 6.45) is 13.5. The first-order valence-corrected chi connectivity index (χ1v) is 23.1. The van der Waals surface area contributed by atoms with Crippen molar-refractivity contribution in [2.75, 3.05) is 61.3 Å². The summed E-state index contributed by atoms with van der Waals surface area (Å²) in [5, 5.41) is 18.7. The van der Waals surface area contributed by atoms with Gasteiger partial charge in [0.15, 0.2) is 4.96 Å². The first kappa shape index (κ1) is 51.9. The highest BCUT2D eigenvalue weighted by Crippen LogP contribution is 2.21. The molecule has 20 nitrogen and oxygen atoms in total. The molecule has 0 saturated heterocycles. The molecule has 5 heterocycles. The largest absolute Gasteiger partial charge is 0.384 e. The molecule has 364 valence electrons. The predicted octanol–water partition coefficient (Wildman–Crippen LogP) is 5.04. The number of nitrogens with zero attached hydrogens (tertiary/aromatic N) is 7. The maximum atomic E-state index is 12.1. The van der Waals surface area contributed by atoms with Crippen molar-refractivity contribution in [2.24, 2.45) is 0 Å². The van der Waals surface area contributed by atoms with Gasteiger partial charge in [-0.15, -0.1) is 11.3 Å². The van der Waals surface area contributed by atoms with Gasteiger partial charge in [-0.1, -0.05) is 62.2 Å². The summed E-state index contributed by atoms with van der Waals surface area (Å²) in [5.74, 6) is 1.30. The van der Waals surface area contributed by atoms with Crippen LogP contribution >= 0.6 is 11.3 Å². The quantitative estimate of drug-likeness (QED) is 0.0454. The number of aromatic nitrogens is 5. The van der Waals surface area contributed by atoms with E-state index in [9.17, 15) is 19.2 Å². The molecular weight excluding hydrogens is 897 g/mol. The fourth-order valence-electron chi connectivity index (χ4n) is 6.67. The normalized spacial score (nSPS) is 11.9. The third-order valence-electron chi connectivity index (χ3n) is 10.9. The van der Waals surface area contributed by atoms with Crippen LogP contribution < -0.4 is 59.6 Å². The number of carbonyl (C=O) groups excluding carboxylic acids is 3. The van der Waals surface area contributed by atoms with Gasteiger partial charge in [0.2, 0.25) is 5.91 Å². The van der Waals surface area contributed by atoms with Gasteiger partial charge in [0.1, 0.15) is 23.1 Å². The van der Waals surface area contributed by atoms with Crippen LogP contribution in [0, 0.1) is 6.92 Å². The van der Waals surface area contributed by atoms with Crippen molar-refractivity contribution in [3.63, 3.8) is 0 Å². The molecular formula is C48H62N16O4S. The van der Waals surface area contributed by atoms with Crippen LogP contribution in [0.15, 0.2) is 121 Å². The first-order chi connectivity index (χ1) is 33.2. The molecule has 1 saturated carbocycles. The maximum Gasteiger partial charge on any atom is 0.319 e. The van der Waals surface area contributed by atoms with E-state index in [0.717, 1.165) is 46.6 Å². The van der Waals surface area contributed by atoms with Crippen molar-refractivity contribution in [1.82, 2.24) is 55.8 Å². The SMILES string of the molecule is C=C(NCNCC(=C)N(C)c1ccc(C)cc1)c1ccc(N)nc1.CN(C(=O)CNC(=O)NCc1ccc(N)nc1)C1CCCCC1.Nc1ccc(CNC(=O)Nc2cnc3sccn3c2=O)cn1. The standard InChI is InChI=1S/C19H25N5.C16H25N5O2.C13H12N6O2S/c1-14-5-8-18(9-6-14)24(4)15(2)11-21-13-23-16(3)17-7-10-19(20)22-12-17;1-21(13-5-3-2-4-6-13)15(22)11-20-16(23)19-10-12-7-8-14(17)18-9-12;14-10-2-1-8(5-15-10)6-16-12(21)18-9-7-17-13-19(11(9)20)3-4-22-13/h5-10,12,21,23H,2-3,11,13H2,1,4H3,(H2,20,22);7-9,13H,2-6,10-11H2,1H3,(H2,17,18)(H2,19,20,23);1-5,7H,6H2,(H2,14,15)(H2,16,18,21). The van der Waals surface area contributed by atoms with Crippen molar-refractivity contribution in [3.8, 4) is 0 Å². The van der Waals surface area contributed by atoms with E-state index in [4.69, 9.17) is 17.2 Å². The molecule has 0 atom stereocenters. The number of thiazole rings is 1. The van der Waals surface area contributed by atoms with E-state index >= 15 is 0 Å². The third kappa shape index (κ3) is 17.0. The Balaban J connectivity index is 0.000000193. The number of aryl methyl sites for hydroxylation is 1. The molecule has 0 bridgehead atoms. The number of likely N-dealkylation sites (N-methyl/N-ethyl adjacent to an activating group) is 2. The van der Waals surface area contributed by atoms with Gasteiger partial charge in [-0.3, -0.25) is 19.3 Å². The van der Waals surface area contributed by atoms with Crippen molar-refractivity contribution in [1.29, 1.82) is 0 Å². The Morgan fingerprint density at radius 3 is 1.94 bits per heavy atom. The highest BCUT2D eigenvalue weighted by molar-refractivity contribution is 7.15. The van der Waals surface area contributed by atoms with Crippen LogP contribution in [0.5, 0.6) is 0 Å². The molecule has 1 aliphatic rings. The topological polar surface area (TPSA) is 281 Å². The predicted molar refractivity (Wildman–Crippen MR) is 275 cm³/mol. The molecule has 1 fully saturated rings. The Labute approximate surface area is 405 Å². The molecule has 0 spiro atoms.